The third-order valence-electron chi connectivity index (χ3n) is 3.46. The summed E-state index contributed by atoms with van der Waals surface area (Å²) in [5.74, 6) is -0.360. The van der Waals surface area contributed by atoms with Gasteiger partial charge in [-0.05, 0) is 60.9 Å². The van der Waals surface area contributed by atoms with Gasteiger partial charge in [0.15, 0.2) is 11.5 Å². The Morgan fingerprint density at radius 1 is 1.00 bits per heavy atom. The van der Waals surface area contributed by atoms with Gasteiger partial charge in [0.1, 0.15) is 0 Å². The molecule has 0 unspecified atom stereocenters. The topological polar surface area (TPSA) is 89.0 Å². The van der Waals surface area contributed by atoms with Gasteiger partial charge in [-0.15, -0.1) is 0 Å². The Hall–Kier alpha value is -3.35. The highest BCUT2D eigenvalue weighted by Crippen LogP contribution is 2.31. The molecule has 128 valence electrons. The second kappa shape index (κ2) is 7.04. The highest BCUT2D eigenvalue weighted by molar-refractivity contribution is 6.39. The minimum atomic E-state index is -0.851. The molecule has 2 amide bonds. The van der Waals surface area contributed by atoms with Gasteiger partial charge in [-0.1, -0.05) is 6.07 Å². The fraction of sp³-hybridized carbons (Fsp3) is 0.167. The first kappa shape index (κ1) is 16.5. The van der Waals surface area contributed by atoms with Crippen LogP contribution in [0.2, 0.25) is 0 Å². The first-order valence-corrected chi connectivity index (χ1v) is 7.63. The number of rotatable bonds is 3. The highest BCUT2D eigenvalue weighted by atomic mass is 16.7. The summed E-state index contributed by atoms with van der Waals surface area (Å²) in [4.78, 5) is 23.7. The van der Waals surface area contributed by atoms with E-state index in [0.717, 1.165) is 11.1 Å². The van der Waals surface area contributed by atoms with E-state index in [4.69, 9.17) is 9.47 Å². The number of hydrazone groups is 1. The summed E-state index contributed by atoms with van der Waals surface area (Å²) in [6.45, 7) is 4.02. The number of nitrogens with zero attached hydrogens (tertiary/aromatic N) is 1. The van der Waals surface area contributed by atoms with Crippen molar-refractivity contribution in [1.29, 1.82) is 0 Å². The quantitative estimate of drug-likeness (QED) is 0.509. The van der Waals surface area contributed by atoms with Crippen LogP contribution in [0.25, 0.3) is 0 Å². The third-order valence-corrected chi connectivity index (χ3v) is 3.46. The maximum absolute atomic E-state index is 11.9. The van der Waals surface area contributed by atoms with E-state index < -0.39 is 11.8 Å². The molecule has 25 heavy (non-hydrogen) atoms. The van der Waals surface area contributed by atoms with Crippen LogP contribution in [0.3, 0.4) is 0 Å². The van der Waals surface area contributed by atoms with Crippen LogP contribution < -0.4 is 20.2 Å². The molecule has 0 saturated heterocycles. The maximum Gasteiger partial charge on any atom is 0.329 e. The van der Waals surface area contributed by atoms with Gasteiger partial charge < -0.3 is 14.8 Å². The summed E-state index contributed by atoms with van der Waals surface area (Å²) in [5.41, 5.74) is 5.46. The van der Waals surface area contributed by atoms with E-state index in [9.17, 15) is 9.59 Å². The van der Waals surface area contributed by atoms with Gasteiger partial charge in [0.25, 0.3) is 0 Å². The van der Waals surface area contributed by atoms with Crippen molar-refractivity contribution in [3.8, 4) is 11.5 Å². The van der Waals surface area contributed by atoms with Crippen molar-refractivity contribution in [2.24, 2.45) is 5.10 Å². The lowest BCUT2D eigenvalue weighted by molar-refractivity contribution is -0.136. The SMILES string of the molecule is Cc1cc(C)cc(NC(=O)C(=O)N/N=C\c2ccc3c(c2)OCO3)c1. The van der Waals surface area contributed by atoms with Crippen LogP contribution in [0.1, 0.15) is 16.7 Å². The van der Waals surface area contributed by atoms with E-state index in [0.29, 0.717) is 22.7 Å². The first-order chi connectivity index (χ1) is 12.0. The van der Waals surface area contributed by atoms with Crippen molar-refractivity contribution in [1.82, 2.24) is 5.43 Å². The molecule has 1 aliphatic heterocycles. The van der Waals surface area contributed by atoms with Crippen LogP contribution in [0.5, 0.6) is 11.5 Å². The molecule has 0 saturated carbocycles. The zero-order valence-corrected chi connectivity index (χ0v) is 13.8. The Labute approximate surface area is 144 Å². The number of benzene rings is 2. The molecule has 0 spiro atoms. The fourth-order valence-electron chi connectivity index (χ4n) is 2.44. The second-order valence-electron chi connectivity index (χ2n) is 5.64. The average molecular weight is 339 g/mol. The minimum absolute atomic E-state index is 0.186. The monoisotopic (exact) mass is 339 g/mol. The molecule has 1 heterocycles. The van der Waals surface area contributed by atoms with Gasteiger partial charge in [-0.3, -0.25) is 9.59 Å². The number of amides is 2. The van der Waals surface area contributed by atoms with E-state index in [-0.39, 0.29) is 6.79 Å². The number of ether oxygens (including phenoxy) is 2. The standard InChI is InChI=1S/C18H17N3O4/c1-11-5-12(2)7-14(6-11)20-17(22)18(23)21-19-9-13-3-4-15-16(8-13)25-10-24-15/h3-9H,10H2,1-2H3,(H,20,22)(H,21,23)/b19-9-. The number of nitrogens with one attached hydrogen (secondary N) is 2. The van der Waals surface area contributed by atoms with Crippen LogP contribution >= 0.6 is 0 Å². The average Bonchev–Trinajstić information content (AvgIpc) is 3.01. The van der Waals surface area contributed by atoms with Gasteiger partial charge in [-0.2, -0.15) is 5.10 Å². The fourth-order valence-corrected chi connectivity index (χ4v) is 2.44. The summed E-state index contributed by atoms with van der Waals surface area (Å²) < 4.78 is 10.5. The van der Waals surface area contributed by atoms with Crippen molar-refractivity contribution < 1.29 is 19.1 Å². The lowest BCUT2D eigenvalue weighted by atomic mass is 10.1. The van der Waals surface area contributed by atoms with Gasteiger partial charge in [0, 0.05) is 5.69 Å². The molecule has 0 fully saturated rings. The molecule has 2 N–H and O–H groups in total. The third kappa shape index (κ3) is 4.14. The van der Waals surface area contributed by atoms with Gasteiger partial charge in [-0.25, -0.2) is 5.43 Å². The second-order valence-corrected chi connectivity index (χ2v) is 5.64. The predicted octanol–water partition coefficient (Wildman–Crippen LogP) is 2.12. The van der Waals surface area contributed by atoms with E-state index >= 15 is 0 Å². The Bertz CT molecular complexity index is 841. The van der Waals surface area contributed by atoms with Gasteiger partial charge in [0.2, 0.25) is 6.79 Å². The van der Waals surface area contributed by atoms with Crippen LogP contribution in [-0.4, -0.2) is 24.8 Å². The van der Waals surface area contributed by atoms with E-state index in [2.05, 4.69) is 15.8 Å². The lowest BCUT2D eigenvalue weighted by Gasteiger charge is -2.06. The molecule has 2 aromatic carbocycles. The van der Waals surface area contributed by atoms with E-state index in [1.54, 1.807) is 30.3 Å². The van der Waals surface area contributed by atoms with Crippen molar-refractivity contribution >= 4 is 23.7 Å². The van der Waals surface area contributed by atoms with Gasteiger partial charge >= 0.3 is 11.8 Å². The highest BCUT2D eigenvalue weighted by Gasteiger charge is 2.14. The zero-order valence-electron chi connectivity index (χ0n) is 13.8. The normalized spacial score (nSPS) is 12.2. The molecule has 0 aliphatic carbocycles. The Morgan fingerprint density at radius 3 is 2.48 bits per heavy atom. The number of aryl methyl sites for hydroxylation is 2. The maximum atomic E-state index is 11.9. The number of carbonyl (C=O) groups excluding carboxylic acids is 2. The molecule has 0 radical (unpaired) electrons. The number of hydrogen-bond acceptors (Lipinski definition) is 5. The lowest BCUT2D eigenvalue weighted by Crippen LogP contribution is -2.32. The number of anilines is 1. The molecular weight excluding hydrogens is 322 g/mol. The smallest absolute Gasteiger partial charge is 0.329 e. The van der Waals surface area contributed by atoms with Gasteiger partial charge in [0.05, 0.1) is 6.21 Å². The summed E-state index contributed by atoms with van der Waals surface area (Å²) in [7, 11) is 0. The van der Waals surface area contributed by atoms with Crippen LogP contribution in [-0.2, 0) is 9.59 Å². The Kier molecular flexibility index (Phi) is 4.65. The van der Waals surface area contributed by atoms with Crippen LogP contribution in [0.4, 0.5) is 5.69 Å². The molecular formula is C18H17N3O4. The number of hydrogen-bond donors (Lipinski definition) is 2. The number of fused-ring (bicyclic) bond motifs is 1. The summed E-state index contributed by atoms with van der Waals surface area (Å²) >= 11 is 0. The van der Waals surface area contributed by atoms with Crippen molar-refractivity contribution in [2.75, 3.05) is 12.1 Å². The first-order valence-electron chi connectivity index (χ1n) is 7.63. The minimum Gasteiger partial charge on any atom is -0.454 e. The van der Waals surface area contributed by atoms with E-state index in [1.807, 2.05) is 19.9 Å². The van der Waals surface area contributed by atoms with Crippen molar-refractivity contribution in [3.63, 3.8) is 0 Å². The molecule has 3 rings (SSSR count). The summed E-state index contributed by atoms with van der Waals surface area (Å²) in [6, 6.07) is 10.8. The molecule has 0 atom stereocenters. The van der Waals surface area contributed by atoms with Crippen LogP contribution in [0.15, 0.2) is 41.5 Å². The van der Waals surface area contributed by atoms with Crippen LogP contribution in [0, 0.1) is 13.8 Å². The predicted molar refractivity (Wildman–Crippen MR) is 92.8 cm³/mol. The Morgan fingerprint density at radius 2 is 1.72 bits per heavy atom. The molecule has 7 nitrogen and oxygen atoms in total. The molecule has 0 bridgehead atoms. The zero-order chi connectivity index (χ0) is 17.8. The molecule has 1 aliphatic rings. The van der Waals surface area contributed by atoms with Crippen molar-refractivity contribution in [3.05, 3.63) is 53.1 Å². The molecule has 2 aromatic rings. The molecule has 7 heteroatoms. The van der Waals surface area contributed by atoms with Crippen molar-refractivity contribution in [2.45, 2.75) is 13.8 Å². The summed E-state index contributed by atoms with van der Waals surface area (Å²) in [6.07, 6.45) is 1.42. The van der Waals surface area contributed by atoms with E-state index in [1.165, 1.54) is 6.21 Å². The summed E-state index contributed by atoms with van der Waals surface area (Å²) in [5, 5.41) is 6.33. The largest absolute Gasteiger partial charge is 0.454 e. The number of carbonyl (C=O) groups is 2. The Balaban J connectivity index is 1.57. The molecule has 0 aromatic heterocycles.